The van der Waals surface area contributed by atoms with Crippen LogP contribution >= 0.6 is 11.8 Å². The van der Waals surface area contributed by atoms with Crippen molar-refractivity contribution in [1.29, 1.82) is 0 Å². The smallest absolute Gasteiger partial charge is 0.339 e. The summed E-state index contributed by atoms with van der Waals surface area (Å²) in [4.78, 5) is 24.9. The molecule has 120 valence electrons. The number of benzene rings is 1. The number of amides is 1. The maximum Gasteiger partial charge on any atom is 0.339 e. The molecule has 0 heterocycles. The van der Waals surface area contributed by atoms with Gasteiger partial charge in [0, 0.05) is 10.9 Å². The molecule has 0 saturated heterocycles. The van der Waals surface area contributed by atoms with Crippen molar-refractivity contribution in [2.75, 3.05) is 12.9 Å². The SMILES string of the molecule is CSc1ccccc1C(=O)OCC(=O)NC1CCCCC1C. The van der Waals surface area contributed by atoms with Crippen molar-refractivity contribution in [2.24, 2.45) is 5.92 Å². The molecule has 1 saturated carbocycles. The molecule has 1 amide bonds. The van der Waals surface area contributed by atoms with E-state index in [0.717, 1.165) is 24.2 Å². The van der Waals surface area contributed by atoms with E-state index in [0.29, 0.717) is 11.5 Å². The monoisotopic (exact) mass is 321 g/mol. The van der Waals surface area contributed by atoms with Crippen LogP contribution in [0.25, 0.3) is 0 Å². The minimum atomic E-state index is -0.447. The van der Waals surface area contributed by atoms with E-state index >= 15 is 0 Å². The number of nitrogens with one attached hydrogen (secondary N) is 1. The lowest BCUT2D eigenvalue weighted by Crippen LogP contribution is -2.42. The van der Waals surface area contributed by atoms with Crippen molar-refractivity contribution in [2.45, 2.75) is 43.5 Å². The van der Waals surface area contributed by atoms with Crippen LogP contribution in [0.4, 0.5) is 0 Å². The largest absolute Gasteiger partial charge is 0.452 e. The van der Waals surface area contributed by atoms with Crippen LogP contribution in [0.1, 0.15) is 43.0 Å². The average molecular weight is 321 g/mol. The molecule has 1 N–H and O–H groups in total. The Morgan fingerprint density at radius 1 is 1.27 bits per heavy atom. The average Bonchev–Trinajstić information content (AvgIpc) is 2.54. The second kappa shape index (κ2) is 8.22. The molecule has 5 heteroatoms. The summed E-state index contributed by atoms with van der Waals surface area (Å²) in [6, 6.07) is 7.46. The molecule has 2 atom stereocenters. The number of carbonyl (C=O) groups is 2. The predicted octanol–water partition coefficient (Wildman–Crippen LogP) is 3.26. The van der Waals surface area contributed by atoms with Gasteiger partial charge in [-0.15, -0.1) is 11.8 Å². The maximum atomic E-state index is 12.1. The Hall–Kier alpha value is -1.49. The number of ether oxygens (including phenoxy) is 1. The molecule has 2 unspecified atom stereocenters. The molecule has 1 aliphatic rings. The standard InChI is InChI=1S/C17H23NO3S/c1-12-7-3-5-9-14(12)18-16(19)11-21-17(20)13-8-4-6-10-15(13)22-2/h4,6,8,10,12,14H,3,5,7,9,11H2,1-2H3,(H,18,19). The van der Waals surface area contributed by atoms with Crippen molar-refractivity contribution in [3.63, 3.8) is 0 Å². The molecular formula is C17H23NO3S. The quantitative estimate of drug-likeness (QED) is 0.668. The highest BCUT2D eigenvalue weighted by molar-refractivity contribution is 7.98. The van der Waals surface area contributed by atoms with Crippen molar-refractivity contribution in [3.05, 3.63) is 29.8 Å². The molecule has 2 rings (SSSR count). The second-order valence-corrected chi connectivity index (χ2v) is 6.56. The first-order valence-corrected chi connectivity index (χ1v) is 8.93. The molecule has 1 aromatic rings. The van der Waals surface area contributed by atoms with Gasteiger partial charge in [-0.25, -0.2) is 4.79 Å². The lowest BCUT2D eigenvalue weighted by molar-refractivity contribution is -0.125. The maximum absolute atomic E-state index is 12.1. The fraction of sp³-hybridized carbons (Fsp3) is 0.529. The van der Waals surface area contributed by atoms with Crippen LogP contribution in [0.2, 0.25) is 0 Å². The summed E-state index contributed by atoms with van der Waals surface area (Å²) in [7, 11) is 0. The predicted molar refractivity (Wildman–Crippen MR) is 88.1 cm³/mol. The molecule has 1 aromatic carbocycles. The number of esters is 1. The zero-order valence-corrected chi connectivity index (χ0v) is 13.9. The Kier molecular flexibility index (Phi) is 6.31. The van der Waals surface area contributed by atoms with Gasteiger partial charge in [-0.2, -0.15) is 0 Å². The van der Waals surface area contributed by atoms with Gasteiger partial charge in [0.15, 0.2) is 6.61 Å². The van der Waals surface area contributed by atoms with Gasteiger partial charge in [0.05, 0.1) is 5.56 Å². The molecule has 0 bridgehead atoms. The Morgan fingerprint density at radius 2 is 2.00 bits per heavy atom. The first-order chi connectivity index (χ1) is 10.6. The van der Waals surface area contributed by atoms with Gasteiger partial charge < -0.3 is 10.1 Å². The zero-order valence-electron chi connectivity index (χ0n) is 13.1. The topological polar surface area (TPSA) is 55.4 Å². The van der Waals surface area contributed by atoms with E-state index in [-0.39, 0.29) is 18.6 Å². The molecule has 0 aromatic heterocycles. The number of hydrogen-bond acceptors (Lipinski definition) is 4. The normalized spacial score (nSPS) is 21.2. The molecule has 0 spiro atoms. The van der Waals surface area contributed by atoms with Gasteiger partial charge >= 0.3 is 5.97 Å². The van der Waals surface area contributed by atoms with Crippen LogP contribution in [0.15, 0.2) is 29.2 Å². The van der Waals surface area contributed by atoms with E-state index in [1.54, 1.807) is 12.1 Å². The van der Waals surface area contributed by atoms with E-state index in [1.807, 2.05) is 18.4 Å². The summed E-state index contributed by atoms with van der Waals surface area (Å²) in [5.41, 5.74) is 0.508. The highest BCUT2D eigenvalue weighted by Crippen LogP contribution is 2.23. The minimum absolute atomic E-state index is 0.207. The van der Waals surface area contributed by atoms with Crippen LogP contribution in [0.5, 0.6) is 0 Å². The number of rotatable bonds is 5. The van der Waals surface area contributed by atoms with E-state index in [9.17, 15) is 9.59 Å². The third kappa shape index (κ3) is 4.50. The van der Waals surface area contributed by atoms with Crippen LogP contribution in [-0.2, 0) is 9.53 Å². The summed E-state index contributed by atoms with van der Waals surface area (Å²) in [5.74, 6) is -0.170. The van der Waals surface area contributed by atoms with Gasteiger partial charge in [0.1, 0.15) is 0 Å². The Labute approximate surface area is 136 Å². The molecule has 1 fully saturated rings. The molecule has 4 nitrogen and oxygen atoms in total. The fourth-order valence-corrected chi connectivity index (χ4v) is 3.39. The highest BCUT2D eigenvalue weighted by Gasteiger charge is 2.23. The van der Waals surface area contributed by atoms with Gasteiger partial charge in [-0.05, 0) is 37.1 Å². The summed E-state index contributed by atoms with van der Waals surface area (Å²) < 4.78 is 5.14. The van der Waals surface area contributed by atoms with Crippen LogP contribution in [-0.4, -0.2) is 30.8 Å². The third-order valence-electron chi connectivity index (χ3n) is 4.12. The Morgan fingerprint density at radius 3 is 2.73 bits per heavy atom. The first kappa shape index (κ1) is 16.9. The van der Waals surface area contributed by atoms with Crippen LogP contribution in [0.3, 0.4) is 0 Å². The summed E-state index contributed by atoms with van der Waals surface area (Å²) >= 11 is 1.49. The molecular weight excluding hydrogens is 298 g/mol. The van der Waals surface area contributed by atoms with Gasteiger partial charge in [-0.3, -0.25) is 4.79 Å². The Balaban J connectivity index is 1.84. The molecule has 22 heavy (non-hydrogen) atoms. The highest BCUT2D eigenvalue weighted by atomic mass is 32.2. The minimum Gasteiger partial charge on any atom is -0.452 e. The number of carbonyl (C=O) groups excluding carboxylic acids is 2. The third-order valence-corrected chi connectivity index (χ3v) is 4.91. The van der Waals surface area contributed by atoms with E-state index < -0.39 is 5.97 Å². The van der Waals surface area contributed by atoms with Crippen molar-refractivity contribution < 1.29 is 14.3 Å². The number of thioether (sulfide) groups is 1. The van der Waals surface area contributed by atoms with Gasteiger partial charge in [0.2, 0.25) is 0 Å². The van der Waals surface area contributed by atoms with Gasteiger partial charge in [0.25, 0.3) is 5.91 Å². The lowest BCUT2D eigenvalue weighted by Gasteiger charge is -2.29. The summed E-state index contributed by atoms with van der Waals surface area (Å²) in [6.07, 6.45) is 6.44. The molecule has 0 aliphatic heterocycles. The Bertz CT molecular complexity index is 532. The second-order valence-electron chi connectivity index (χ2n) is 5.71. The van der Waals surface area contributed by atoms with Crippen LogP contribution < -0.4 is 5.32 Å². The van der Waals surface area contributed by atoms with Crippen molar-refractivity contribution in [3.8, 4) is 0 Å². The number of hydrogen-bond donors (Lipinski definition) is 1. The van der Waals surface area contributed by atoms with Crippen molar-refractivity contribution in [1.82, 2.24) is 5.32 Å². The van der Waals surface area contributed by atoms with E-state index in [1.165, 1.54) is 18.2 Å². The van der Waals surface area contributed by atoms with E-state index in [2.05, 4.69) is 12.2 Å². The summed E-state index contributed by atoms with van der Waals surface area (Å²) in [6.45, 7) is 1.94. The van der Waals surface area contributed by atoms with E-state index in [4.69, 9.17) is 4.74 Å². The lowest BCUT2D eigenvalue weighted by atomic mass is 9.86. The zero-order chi connectivity index (χ0) is 15.9. The van der Waals surface area contributed by atoms with Crippen LogP contribution in [0, 0.1) is 5.92 Å². The molecule has 1 aliphatic carbocycles. The first-order valence-electron chi connectivity index (χ1n) is 7.71. The molecule has 0 radical (unpaired) electrons. The fourth-order valence-electron chi connectivity index (χ4n) is 2.80. The van der Waals surface area contributed by atoms with Gasteiger partial charge in [-0.1, -0.05) is 31.9 Å². The van der Waals surface area contributed by atoms with Crippen molar-refractivity contribution >= 4 is 23.6 Å². The summed E-state index contributed by atoms with van der Waals surface area (Å²) in [5, 5.41) is 2.98.